The van der Waals surface area contributed by atoms with Gasteiger partial charge in [-0.25, -0.2) is 13.1 Å². The van der Waals surface area contributed by atoms with E-state index >= 15 is 0 Å². The Morgan fingerprint density at radius 2 is 1.92 bits per heavy atom. The van der Waals surface area contributed by atoms with Gasteiger partial charge in [-0.2, -0.15) is 0 Å². The van der Waals surface area contributed by atoms with Crippen molar-refractivity contribution in [1.29, 1.82) is 0 Å². The highest BCUT2D eigenvalue weighted by atomic mass is 32.2. The second-order valence-corrected chi connectivity index (χ2v) is 7.84. The summed E-state index contributed by atoms with van der Waals surface area (Å²) in [5.41, 5.74) is 1.31. The summed E-state index contributed by atoms with van der Waals surface area (Å²) in [6.07, 6.45) is 1.72. The topological polar surface area (TPSA) is 96.1 Å². The molecule has 1 fully saturated rings. The fraction of sp³-hybridized carbons (Fsp3) is 0.294. The number of amides is 1. The van der Waals surface area contributed by atoms with E-state index in [9.17, 15) is 18.0 Å². The lowest BCUT2D eigenvalue weighted by atomic mass is 10.0. The number of benzene rings is 1. The van der Waals surface area contributed by atoms with Crippen LogP contribution in [0.1, 0.15) is 28.9 Å². The Kier molecular flexibility index (Phi) is 4.28. The van der Waals surface area contributed by atoms with Gasteiger partial charge in [0.25, 0.3) is 11.5 Å². The second kappa shape index (κ2) is 6.24. The van der Waals surface area contributed by atoms with E-state index in [1.807, 2.05) is 35.1 Å². The molecule has 0 spiro atoms. The van der Waals surface area contributed by atoms with Gasteiger partial charge < -0.3 is 4.98 Å². The minimum atomic E-state index is -3.72. The molecule has 0 atom stereocenters. The molecule has 1 saturated carbocycles. The monoisotopic (exact) mass is 346 g/mol. The van der Waals surface area contributed by atoms with Crippen LogP contribution in [0.25, 0.3) is 11.1 Å². The first kappa shape index (κ1) is 16.4. The summed E-state index contributed by atoms with van der Waals surface area (Å²) < 4.78 is 25.9. The van der Waals surface area contributed by atoms with Crippen LogP contribution in [0.2, 0.25) is 0 Å². The van der Waals surface area contributed by atoms with E-state index in [1.165, 1.54) is 6.07 Å². The second-order valence-electron chi connectivity index (χ2n) is 6.07. The number of aromatic amines is 1. The molecule has 6 nitrogen and oxygen atoms in total. The average molecular weight is 346 g/mol. The summed E-state index contributed by atoms with van der Waals surface area (Å²) in [6, 6.07) is 10.7. The first-order chi connectivity index (χ1) is 11.4. The van der Waals surface area contributed by atoms with E-state index in [0.29, 0.717) is 11.3 Å². The molecule has 0 radical (unpaired) electrons. The van der Waals surface area contributed by atoms with Gasteiger partial charge in [-0.05, 0) is 37.3 Å². The molecule has 1 heterocycles. The number of aryl methyl sites for hydroxylation is 1. The van der Waals surface area contributed by atoms with Gasteiger partial charge in [0.05, 0.1) is 5.75 Å². The standard InChI is InChI=1S/C17H18N2O4S/c1-11-14(13-5-3-2-4-6-13)9-15(16(20)18-11)17(21)19-24(22,23)10-12-7-8-12/h2-6,9,12H,7-8,10H2,1H3,(H,18,20)(H,19,21). The molecule has 0 saturated heterocycles. The molecule has 3 rings (SSSR count). The number of hydrogen-bond acceptors (Lipinski definition) is 4. The zero-order valence-corrected chi connectivity index (χ0v) is 14.0. The number of carbonyl (C=O) groups is 1. The van der Waals surface area contributed by atoms with Crippen LogP contribution in [0.5, 0.6) is 0 Å². The molecule has 1 amide bonds. The van der Waals surface area contributed by atoms with Gasteiger partial charge >= 0.3 is 0 Å². The third-order valence-electron chi connectivity index (χ3n) is 3.97. The highest BCUT2D eigenvalue weighted by molar-refractivity contribution is 7.90. The number of carbonyl (C=O) groups excluding carboxylic acids is 1. The van der Waals surface area contributed by atoms with Crippen molar-refractivity contribution in [2.24, 2.45) is 5.92 Å². The Hall–Kier alpha value is -2.41. The molecule has 0 unspecified atom stereocenters. The van der Waals surface area contributed by atoms with Crippen molar-refractivity contribution in [3.05, 3.63) is 58.0 Å². The number of rotatable bonds is 5. The van der Waals surface area contributed by atoms with Crippen LogP contribution >= 0.6 is 0 Å². The molecule has 1 aliphatic carbocycles. The lowest BCUT2D eigenvalue weighted by molar-refractivity contribution is 0.0980. The highest BCUT2D eigenvalue weighted by Gasteiger charge is 2.29. The van der Waals surface area contributed by atoms with Gasteiger partial charge in [0.2, 0.25) is 10.0 Å². The van der Waals surface area contributed by atoms with E-state index < -0.39 is 21.5 Å². The van der Waals surface area contributed by atoms with Gasteiger partial charge in [0.15, 0.2) is 0 Å². The molecule has 1 aromatic carbocycles. The summed E-state index contributed by atoms with van der Waals surface area (Å²) in [5.74, 6) is -0.853. The highest BCUT2D eigenvalue weighted by Crippen LogP contribution is 2.30. The Bertz CT molecular complexity index is 929. The van der Waals surface area contributed by atoms with Crippen molar-refractivity contribution < 1.29 is 13.2 Å². The summed E-state index contributed by atoms with van der Waals surface area (Å²) in [6.45, 7) is 1.73. The molecular weight excluding hydrogens is 328 g/mol. The van der Waals surface area contributed by atoms with Crippen molar-refractivity contribution in [2.75, 3.05) is 5.75 Å². The molecular formula is C17H18N2O4S. The SMILES string of the molecule is Cc1[nH]c(=O)c(C(=O)NS(=O)(=O)CC2CC2)cc1-c1ccccc1. The zero-order chi connectivity index (χ0) is 17.3. The maximum atomic E-state index is 12.3. The number of aromatic nitrogens is 1. The molecule has 0 bridgehead atoms. The minimum absolute atomic E-state index is 0.0753. The van der Waals surface area contributed by atoms with Crippen molar-refractivity contribution in [1.82, 2.24) is 9.71 Å². The lowest BCUT2D eigenvalue weighted by Crippen LogP contribution is -2.36. The smallest absolute Gasteiger partial charge is 0.270 e. The number of nitrogens with one attached hydrogen (secondary N) is 2. The number of pyridine rings is 1. The van der Waals surface area contributed by atoms with Gasteiger partial charge in [-0.1, -0.05) is 30.3 Å². The number of hydrogen-bond donors (Lipinski definition) is 2. The van der Waals surface area contributed by atoms with Gasteiger partial charge in [0.1, 0.15) is 5.56 Å². The van der Waals surface area contributed by atoms with E-state index in [4.69, 9.17) is 0 Å². The third-order valence-corrected chi connectivity index (χ3v) is 5.37. The Morgan fingerprint density at radius 1 is 1.25 bits per heavy atom. The molecule has 126 valence electrons. The summed E-state index contributed by atoms with van der Waals surface area (Å²) in [5, 5.41) is 0. The molecule has 1 aliphatic rings. The molecule has 2 N–H and O–H groups in total. The molecule has 1 aromatic heterocycles. The van der Waals surface area contributed by atoms with E-state index in [1.54, 1.807) is 6.92 Å². The number of H-pyrrole nitrogens is 1. The maximum absolute atomic E-state index is 12.3. The Balaban J connectivity index is 1.92. The van der Waals surface area contributed by atoms with Crippen LogP contribution in [0, 0.1) is 12.8 Å². The normalized spacial score (nSPS) is 14.4. The van der Waals surface area contributed by atoms with E-state index in [0.717, 1.165) is 18.4 Å². The summed E-state index contributed by atoms with van der Waals surface area (Å²) in [4.78, 5) is 27.0. The quantitative estimate of drug-likeness (QED) is 0.863. The van der Waals surface area contributed by atoms with Gasteiger partial charge in [-0.3, -0.25) is 9.59 Å². The van der Waals surface area contributed by atoms with Crippen LogP contribution in [0.3, 0.4) is 0 Å². The first-order valence-electron chi connectivity index (χ1n) is 7.70. The predicted octanol–water partition coefficient (Wildman–Crippen LogP) is 1.82. The van der Waals surface area contributed by atoms with Gasteiger partial charge in [0, 0.05) is 11.3 Å². The molecule has 7 heteroatoms. The Morgan fingerprint density at radius 3 is 2.54 bits per heavy atom. The van der Waals surface area contributed by atoms with Crippen LogP contribution in [0.15, 0.2) is 41.2 Å². The summed E-state index contributed by atoms with van der Waals surface area (Å²) in [7, 11) is -3.72. The largest absolute Gasteiger partial charge is 0.325 e. The fourth-order valence-corrected chi connectivity index (χ4v) is 3.97. The Labute approximate surface area is 140 Å². The van der Waals surface area contributed by atoms with Crippen molar-refractivity contribution in [3.8, 4) is 11.1 Å². The van der Waals surface area contributed by atoms with Crippen molar-refractivity contribution in [3.63, 3.8) is 0 Å². The van der Waals surface area contributed by atoms with E-state index in [-0.39, 0.29) is 17.2 Å². The lowest BCUT2D eigenvalue weighted by Gasteiger charge is -2.10. The van der Waals surface area contributed by atoms with E-state index in [2.05, 4.69) is 4.98 Å². The van der Waals surface area contributed by atoms with Crippen molar-refractivity contribution in [2.45, 2.75) is 19.8 Å². The minimum Gasteiger partial charge on any atom is -0.325 e. The predicted molar refractivity (Wildman–Crippen MR) is 91.2 cm³/mol. The molecule has 24 heavy (non-hydrogen) atoms. The van der Waals surface area contributed by atoms with Gasteiger partial charge in [-0.15, -0.1) is 0 Å². The average Bonchev–Trinajstić information content (AvgIpc) is 3.30. The number of sulfonamides is 1. The first-order valence-corrected chi connectivity index (χ1v) is 9.35. The van der Waals surface area contributed by atoms with Crippen LogP contribution in [0.4, 0.5) is 0 Å². The maximum Gasteiger partial charge on any atom is 0.270 e. The van der Waals surface area contributed by atoms with Crippen LogP contribution in [-0.2, 0) is 10.0 Å². The van der Waals surface area contributed by atoms with Crippen LogP contribution in [-0.4, -0.2) is 25.1 Å². The summed E-state index contributed by atoms with van der Waals surface area (Å²) >= 11 is 0. The molecule has 2 aromatic rings. The van der Waals surface area contributed by atoms with Crippen molar-refractivity contribution >= 4 is 15.9 Å². The zero-order valence-electron chi connectivity index (χ0n) is 13.2. The fourth-order valence-electron chi connectivity index (χ4n) is 2.54. The van der Waals surface area contributed by atoms with Crippen LogP contribution < -0.4 is 10.3 Å². The third kappa shape index (κ3) is 3.73. The molecule has 0 aliphatic heterocycles.